The lowest BCUT2D eigenvalue weighted by Gasteiger charge is -2.30. The lowest BCUT2D eigenvalue weighted by atomic mass is 9.99. The van der Waals surface area contributed by atoms with E-state index in [2.05, 4.69) is 6.92 Å². The highest BCUT2D eigenvalue weighted by molar-refractivity contribution is 7.89. The molecule has 31 heavy (non-hydrogen) atoms. The number of nitrogens with zero attached hydrogens (tertiary/aromatic N) is 2. The molecule has 0 radical (unpaired) electrons. The van der Waals surface area contributed by atoms with Gasteiger partial charge in [0.05, 0.1) is 4.90 Å². The minimum absolute atomic E-state index is 0.170. The average Bonchev–Trinajstić information content (AvgIpc) is 3.07. The Bertz CT molecular complexity index is 879. The van der Waals surface area contributed by atoms with Crippen molar-refractivity contribution >= 4 is 28.0 Å². The van der Waals surface area contributed by atoms with E-state index in [4.69, 9.17) is 4.74 Å². The van der Waals surface area contributed by atoms with Crippen LogP contribution in [0.4, 0.5) is 0 Å². The van der Waals surface area contributed by atoms with Crippen LogP contribution in [0.3, 0.4) is 0 Å². The van der Waals surface area contributed by atoms with Crippen LogP contribution in [-0.2, 0) is 24.3 Å². The van der Waals surface area contributed by atoms with Gasteiger partial charge >= 0.3 is 5.97 Å². The van der Waals surface area contributed by atoms with Gasteiger partial charge in [-0.15, -0.1) is 0 Å². The molecule has 0 saturated carbocycles. The normalized spacial score (nSPS) is 19.3. The van der Waals surface area contributed by atoms with Gasteiger partial charge in [0.2, 0.25) is 10.0 Å². The zero-order valence-electron chi connectivity index (χ0n) is 18.2. The first-order valence-corrected chi connectivity index (χ1v) is 12.5. The Hall–Kier alpha value is -2.19. The van der Waals surface area contributed by atoms with Gasteiger partial charge in [-0.2, -0.15) is 4.31 Å². The number of ether oxygens (including phenoxy) is 1. The van der Waals surface area contributed by atoms with Crippen molar-refractivity contribution in [3.8, 4) is 0 Å². The van der Waals surface area contributed by atoms with Crippen molar-refractivity contribution in [1.82, 2.24) is 9.21 Å². The molecule has 0 spiro atoms. The van der Waals surface area contributed by atoms with Gasteiger partial charge in [-0.05, 0) is 55.4 Å². The van der Waals surface area contributed by atoms with Gasteiger partial charge in [-0.25, -0.2) is 13.2 Å². The summed E-state index contributed by atoms with van der Waals surface area (Å²) < 4.78 is 32.2. The van der Waals surface area contributed by atoms with Crippen LogP contribution in [0.15, 0.2) is 35.2 Å². The van der Waals surface area contributed by atoms with E-state index in [0.717, 1.165) is 38.5 Å². The third-order valence-electron chi connectivity index (χ3n) is 5.97. The molecule has 2 aliphatic heterocycles. The summed E-state index contributed by atoms with van der Waals surface area (Å²) in [6, 6.07) is 6.45. The van der Waals surface area contributed by atoms with E-state index in [1.807, 2.05) is 0 Å². The molecule has 1 amide bonds. The Balaban J connectivity index is 1.50. The first kappa shape index (κ1) is 23.5. The van der Waals surface area contributed by atoms with Crippen LogP contribution in [0.25, 0.3) is 6.08 Å². The number of rotatable bonds is 6. The molecule has 2 saturated heterocycles. The van der Waals surface area contributed by atoms with Crippen molar-refractivity contribution in [2.24, 2.45) is 5.92 Å². The number of hydrogen-bond acceptors (Lipinski definition) is 5. The quantitative estimate of drug-likeness (QED) is 0.493. The maximum absolute atomic E-state index is 12.8. The summed E-state index contributed by atoms with van der Waals surface area (Å²) in [6.45, 7) is 4.45. The first-order valence-electron chi connectivity index (χ1n) is 11.1. The van der Waals surface area contributed by atoms with Crippen molar-refractivity contribution in [2.75, 3.05) is 32.8 Å². The highest BCUT2D eigenvalue weighted by atomic mass is 32.2. The van der Waals surface area contributed by atoms with Gasteiger partial charge < -0.3 is 9.64 Å². The number of sulfonamides is 1. The van der Waals surface area contributed by atoms with Crippen LogP contribution in [0, 0.1) is 5.92 Å². The fourth-order valence-electron chi connectivity index (χ4n) is 3.88. The Kier molecular flexibility index (Phi) is 8.26. The molecule has 0 atom stereocenters. The summed E-state index contributed by atoms with van der Waals surface area (Å²) in [6.07, 6.45) is 8.67. The highest BCUT2D eigenvalue weighted by Gasteiger charge is 2.25. The van der Waals surface area contributed by atoms with E-state index >= 15 is 0 Å². The van der Waals surface area contributed by atoms with E-state index in [9.17, 15) is 18.0 Å². The molecule has 3 rings (SSSR count). The zero-order valence-corrected chi connectivity index (χ0v) is 19.0. The molecular formula is C23H32N2O5S. The molecule has 1 aromatic rings. The lowest BCUT2D eigenvalue weighted by molar-refractivity contribution is -0.148. The van der Waals surface area contributed by atoms with Crippen LogP contribution in [0.5, 0.6) is 0 Å². The number of benzene rings is 1. The average molecular weight is 449 g/mol. The molecule has 2 fully saturated rings. The number of carbonyl (C=O) groups is 2. The van der Waals surface area contributed by atoms with E-state index in [1.54, 1.807) is 39.5 Å². The number of esters is 1. The predicted molar refractivity (Wildman–Crippen MR) is 119 cm³/mol. The molecule has 0 aliphatic carbocycles. The number of hydrogen-bond donors (Lipinski definition) is 0. The van der Waals surface area contributed by atoms with Gasteiger partial charge in [-0.3, -0.25) is 4.79 Å². The second-order valence-electron chi connectivity index (χ2n) is 8.39. The minimum atomic E-state index is -3.49. The Morgan fingerprint density at radius 1 is 1.00 bits per heavy atom. The lowest BCUT2D eigenvalue weighted by Crippen LogP contribution is -2.40. The van der Waals surface area contributed by atoms with Gasteiger partial charge in [0, 0.05) is 32.3 Å². The van der Waals surface area contributed by atoms with E-state index in [-0.39, 0.29) is 17.4 Å². The SMILES string of the molecule is CC1CCN(C(=O)COC(=O)C=Cc2ccc(S(=O)(=O)N3CCCCCC3)cc2)CC1. The predicted octanol–water partition coefficient (Wildman–Crippen LogP) is 3.07. The van der Waals surface area contributed by atoms with Crippen molar-refractivity contribution in [1.29, 1.82) is 0 Å². The summed E-state index contributed by atoms with van der Waals surface area (Å²) in [5.74, 6) is -0.142. The molecule has 0 N–H and O–H groups in total. The van der Waals surface area contributed by atoms with E-state index in [0.29, 0.717) is 37.7 Å². The van der Waals surface area contributed by atoms with Gasteiger partial charge in [0.25, 0.3) is 5.91 Å². The van der Waals surface area contributed by atoms with Crippen LogP contribution < -0.4 is 0 Å². The summed E-state index contributed by atoms with van der Waals surface area (Å²) in [7, 11) is -3.49. The second-order valence-corrected chi connectivity index (χ2v) is 10.3. The molecule has 7 nitrogen and oxygen atoms in total. The Labute approximate surface area is 185 Å². The fraction of sp³-hybridized carbons (Fsp3) is 0.565. The van der Waals surface area contributed by atoms with Crippen molar-refractivity contribution in [2.45, 2.75) is 50.3 Å². The van der Waals surface area contributed by atoms with Crippen LogP contribution >= 0.6 is 0 Å². The Morgan fingerprint density at radius 3 is 2.23 bits per heavy atom. The fourth-order valence-corrected chi connectivity index (χ4v) is 5.39. The molecule has 0 aromatic heterocycles. The van der Waals surface area contributed by atoms with Crippen molar-refractivity contribution in [3.63, 3.8) is 0 Å². The summed E-state index contributed by atoms with van der Waals surface area (Å²) in [4.78, 5) is 26.1. The highest BCUT2D eigenvalue weighted by Crippen LogP contribution is 2.21. The summed E-state index contributed by atoms with van der Waals surface area (Å²) >= 11 is 0. The van der Waals surface area contributed by atoms with Crippen molar-refractivity contribution in [3.05, 3.63) is 35.9 Å². The minimum Gasteiger partial charge on any atom is -0.452 e. The van der Waals surface area contributed by atoms with E-state index < -0.39 is 16.0 Å². The molecular weight excluding hydrogens is 416 g/mol. The maximum atomic E-state index is 12.8. The number of amides is 1. The number of likely N-dealkylation sites (tertiary alicyclic amines) is 1. The number of carbonyl (C=O) groups excluding carboxylic acids is 2. The third kappa shape index (κ3) is 6.64. The second kappa shape index (κ2) is 10.9. The molecule has 2 heterocycles. The molecule has 0 unspecified atom stereocenters. The molecule has 8 heteroatoms. The third-order valence-corrected chi connectivity index (χ3v) is 7.88. The van der Waals surface area contributed by atoms with Crippen LogP contribution in [0.1, 0.15) is 51.0 Å². The molecule has 1 aromatic carbocycles. The Morgan fingerprint density at radius 2 is 1.61 bits per heavy atom. The number of piperidine rings is 1. The maximum Gasteiger partial charge on any atom is 0.331 e. The zero-order chi connectivity index (χ0) is 22.3. The van der Waals surface area contributed by atoms with Crippen LogP contribution in [-0.4, -0.2) is 62.3 Å². The molecule has 170 valence electrons. The van der Waals surface area contributed by atoms with Crippen molar-refractivity contribution < 1.29 is 22.7 Å². The topological polar surface area (TPSA) is 84.0 Å². The first-order chi connectivity index (χ1) is 14.9. The largest absolute Gasteiger partial charge is 0.452 e. The molecule has 0 bridgehead atoms. The molecule has 2 aliphatic rings. The van der Waals surface area contributed by atoms with Gasteiger partial charge in [0.15, 0.2) is 6.61 Å². The monoisotopic (exact) mass is 448 g/mol. The summed E-state index contributed by atoms with van der Waals surface area (Å²) in [5, 5.41) is 0. The van der Waals surface area contributed by atoms with Gasteiger partial charge in [0.1, 0.15) is 0 Å². The van der Waals surface area contributed by atoms with Crippen LogP contribution in [0.2, 0.25) is 0 Å². The summed E-state index contributed by atoms with van der Waals surface area (Å²) in [5.41, 5.74) is 0.683. The smallest absolute Gasteiger partial charge is 0.331 e. The standard InChI is InChI=1S/C23H32N2O5S/c1-19-12-16-24(17-13-19)22(26)18-30-23(27)11-8-20-6-9-21(10-7-20)31(28,29)25-14-4-2-3-5-15-25/h6-11,19H,2-5,12-18H2,1H3. The van der Waals surface area contributed by atoms with Gasteiger partial charge in [-0.1, -0.05) is 31.9 Å². The van der Waals surface area contributed by atoms with E-state index in [1.165, 1.54) is 6.08 Å².